The molecular formula is C22H33NO4Si. The molecule has 0 aliphatic rings. The molecule has 0 aliphatic carbocycles. The van der Waals surface area contributed by atoms with Gasteiger partial charge >= 0.3 is 5.97 Å². The second-order valence-electron chi connectivity index (χ2n) is 8.46. The molecule has 6 heteroatoms. The van der Waals surface area contributed by atoms with Crippen LogP contribution in [0, 0.1) is 6.92 Å². The van der Waals surface area contributed by atoms with Gasteiger partial charge in [-0.25, -0.2) is 0 Å². The minimum Gasteiger partial charge on any atom is -0.553 e. The maximum atomic E-state index is 12.7. The van der Waals surface area contributed by atoms with Gasteiger partial charge in [0.05, 0.1) is 5.52 Å². The Hall–Kier alpha value is -2.08. The highest BCUT2D eigenvalue weighted by molar-refractivity contribution is 6.12. The van der Waals surface area contributed by atoms with Gasteiger partial charge in [0, 0.05) is 27.8 Å². The number of carbonyl (C=O) groups excluding carboxylic acids is 1. The van der Waals surface area contributed by atoms with Gasteiger partial charge in [0.15, 0.2) is 5.78 Å². The van der Waals surface area contributed by atoms with Crippen LogP contribution in [-0.2, 0) is 11.3 Å². The summed E-state index contributed by atoms with van der Waals surface area (Å²) < 4.78 is 7.88. The van der Waals surface area contributed by atoms with Crippen LogP contribution >= 0.6 is 0 Å². The number of hydrogen-bond acceptors (Lipinski definition) is 3. The van der Waals surface area contributed by atoms with Gasteiger partial charge in [-0.05, 0) is 37.2 Å². The maximum absolute atomic E-state index is 12.7. The Labute approximate surface area is 170 Å². The van der Waals surface area contributed by atoms with E-state index in [1.54, 1.807) is 6.92 Å². The number of Topliss-reactive ketones (excluding diaryl/α,β-unsaturated/α-hetero) is 1. The number of benzene rings is 1. The summed E-state index contributed by atoms with van der Waals surface area (Å²) in [5, 5.41) is 10.4. The lowest BCUT2D eigenvalue weighted by atomic mass is 9.82. The van der Waals surface area contributed by atoms with E-state index in [-0.39, 0.29) is 30.1 Å². The zero-order valence-electron chi connectivity index (χ0n) is 18.6. The summed E-state index contributed by atoms with van der Waals surface area (Å²) in [7, 11) is 0.546. The highest BCUT2D eigenvalue weighted by Gasteiger charge is 2.31. The molecule has 0 saturated carbocycles. The zero-order valence-corrected chi connectivity index (χ0v) is 20.6. The smallest absolute Gasteiger partial charge is 0.323 e. The van der Waals surface area contributed by atoms with Crippen molar-refractivity contribution in [3.63, 3.8) is 0 Å². The van der Waals surface area contributed by atoms with Gasteiger partial charge in [0.25, 0.3) is 0 Å². The third-order valence-corrected chi connectivity index (χ3v) is 5.82. The number of aliphatic carboxylic acids is 1. The van der Waals surface area contributed by atoms with E-state index in [1.165, 1.54) is 0 Å². The summed E-state index contributed by atoms with van der Waals surface area (Å²) >= 11 is 0. The lowest BCUT2D eigenvalue weighted by Crippen LogP contribution is -2.14. The highest BCUT2D eigenvalue weighted by atomic mass is 28.2. The third kappa shape index (κ3) is 3.50. The third-order valence-electron chi connectivity index (χ3n) is 5.41. The Kier molecular flexibility index (Phi) is 6.43. The van der Waals surface area contributed by atoms with Crippen molar-refractivity contribution in [2.24, 2.45) is 0 Å². The molecule has 1 heterocycles. The van der Waals surface area contributed by atoms with Crippen LogP contribution in [-0.4, -0.2) is 31.9 Å². The largest absolute Gasteiger partial charge is 0.553 e. The van der Waals surface area contributed by atoms with Crippen molar-refractivity contribution < 1.29 is 19.1 Å². The van der Waals surface area contributed by atoms with Crippen LogP contribution in [0.5, 0.6) is 5.75 Å². The predicted octanol–water partition coefficient (Wildman–Crippen LogP) is 4.27. The van der Waals surface area contributed by atoms with E-state index in [0.29, 0.717) is 21.7 Å². The number of aromatic nitrogens is 1. The summed E-state index contributed by atoms with van der Waals surface area (Å²) in [6.07, 6.45) is 0. The van der Waals surface area contributed by atoms with Gasteiger partial charge in [-0.2, -0.15) is 0 Å². The molecule has 0 amide bonds. The molecule has 2 rings (SSSR count). The summed E-state index contributed by atoms with van der Waals surface area (Å²) in [6, 6.07) is 0. The van der Waals surface area contributed by atoms with Gasteiger partial charge in [-0.3, -0.25) is 9.59 Å². The van der Waals surface area contributed by atoms with Gasteiger partial charge in [-0.1, -0.05) is 41.5 Å². The van der Waals surface area contributed by atoms with Crippen LogP contribution < -0.4 is 4.43 Å². The van der Waals surface area contributed by atoms with Crippen molar-refractivity contribution in [1.29, 1.82) is 0 Å². The number of carbonyl (C=O) groups is 2. The van der Waals surface area contributed by atoms with Gasteiger partial charge in [0.2, 0.25) is 10.5 Å². The van der Waals surface area contributed by atoms with Crippen LogP contribution in [0.25, 0.3) is 10.9 Å². The maximum Gasteiger partial charge on any atom is 0.323 e. The number of fused-ring (bicyclic) bond motifs is 1. The van der Waals surface area contributed by atoms with Crippen molar-refractivity contribution >= 4 is 33.1 Å². The zero-order chi connectivity index (χ0) is 21.5. The van der Waals surface area contributed by atoms with Crippen LogP contribution in [0.4, 0.5) is 0 Å². The van der Waals surface area contributed by atoms with E-state index in [1.807, 2.05) is 11.5 Å². The summed E-state index contributed by atoms with van der Waals surface area (Å²) in [5.41, 5.74) is 5.48. The summed E-state index contributed by atoms with van der Waals surface area (Å²) in [6.45, 7) is 16.0. The Morgan fingerprint density at radius 1 is 1.00 bits per heavy atom. The fraction of sp³-hybridized carbons (Fsp3) is 0.545. The van der Waals surface area contributed by atoms with E-state index >= 15 is 0 Å². The number of carboxylic acids is 1. The molecule has 0 unspecified atom stereocenters. The molecule has 0 atom stereocenters. The van der Waals surface area contributed by atoms with E-state index in [4.69, 9.17) is 4.43 Å². The highest BCUT2D eigenvalue weighted by Crippen LogP contribution is 2.48. The molecule has 1 N–H and O–H groups in total. The lowest BCUT2D eigenvalue weighted by Gasteiger charge is -2.27. The number of nitrogens with zero attached hydrogens (tertiary/aromatic N) is 1. The Morgan fingerprint density at radius 2 is 1.50 bits per heavy atom. The van der Waals surface area contributed by atoms with Crippen LogP contribution in [0.3, 0.4) is 0 Å². The molecule has 154 valence electrons. The topological polar surface area (TPSA) is 68.5 Å². The quantitative estimate of drug-likeness (QED) is 0.554. The lowest BCUT2D eigenvalue weighted by molar-refractivity contribution is -0.137. The van der Waals surface area contributed by atoms with Gasteiger partial charge in [0.1, 0.15) is 12.3 Å². The van der Waals surface area contributed by atoms with E-state index in [2.05, 4.69) is 41.5 Å². The molecular weight excluding hydrogens is 370 g/mol. The Bertz CT molecular complexity index is 938. The van der Waals surface area contributed by atoms with Crippen molar-refractivity contribution in [3.8, 4) is 5.75 Å². The first kappa shape index (κ1) is 22.2. The van der Waals surface area contributed by atoms with Crippen molar-refractivity contribution in [3.05, 3.63) is 27.9 Å². The van der Waals surface area contributed by atoms with Crippen LogP contribution in [0.15, 0.2) is 0 Å². The van der Waals surface area contributed by atoms with E-state index in [9.17, 15) is 14.7 Å². The van der Waals surface area contributed by atoms with E-state index in [0.717, 1.165) is 33.3 Å². The first-order valence-corrected chi connectivity index (χ1v) is 10.8. The van der Waals surface area contributed by atoms with Crippen LogP contribution in [0.2, 0.25) is 0 Å². The predicted molar refractivity (Wildman–Crippen MR) is 117 cm³/mol. The van der Waals surface area contributed by atoms with Crippen molar-refractivity contribution in [1.82, 2.24) is 4.57 Å². The van der Waals surface area contributed by atoms with Gasteiger partial charge in [-0.15, -0.1) is 0 Å². The molecule has 0 spiro atoms. The van der Waals surface area contributed by atoms with Gasteiger partial charge < -0.3 is 14.1 Å². The molecule has 0 saturated heterocycles. The minimum atomic E-state index is -0.912. The normalized spacial score (nSPS) is 12.0. The fourth-order valence-corrected chi connectivity index (χ4v) is 4.92. The number of hydrogen-bond donors (Lipinski definition) is 1. The molecule has 0 fully saturated rings. The fourth-order valence-electron chi connectivity index (χ4n) is 4.48. The first-order chi connectivity index (χ1) is 12.9. The second-order valence-corrected chi connectivity index (χ2v) is 8.87. The number of rotatable bonds is 7. The monoisotopic (exact) mass is 403 g/mol. The molecule has 0 aliphatic heterocycles. The SMILES string of the molecule is CC(=O)c1c(C)n(CC(=O)O)c2c(C(C)C)c(C(C)C)c(O[SiH3])c(C(C)C)c12. The second kappa shape index (κ2) is 8.11. The van der Waals surface area contributed by atoms with E-state index < -0.39 is 5.97 Å². The molecule has 0 radical (unpaired) electrons. The summed E-state index contributed by atoms with van der Waals surface area (Å²) in [5.74, 6) is 0.465. The van der Waals surface area contributed by atoms with Crippen molar-refractivity contribution in [2.75, 3.05) is 0 Å². The molecule has 5 nitrogen and oxygen atoms in total. The summed E-state index contributed by atoms with van der Waals surface area (Å²) in [4.78, 5) is 24.3. The average Bonchev–Trinajstić information content (AvgIpc) is 2.83. The first-order valence-electron chi connectivity index (χ1n) is 9.94. The van der Waals surface area contributed by atoms with Crippen LogP contribution in [0.1, 0.15) is 99.0 Å². The van der Waals surface area contributed by atoms with Crippen molar-refractivity contribution in [2.45, 2.75) is 79.7 Å². The Morgan fingerprint density at radius 3 is 1.86 bits per heavy atom. The molecule has 0 bridgehead atoms. The molecule has 1 aromatic heterocycles. The average molecular weight is 404 g/mol. The molecule has 1 aromatic carbocycles. The number of ketones is 1. The molecule has 2 aromatic rings. The molecule has 28 heavy (non-hydrogen) atoms. The standard InChI is InChI=1S/C22H33NO4Si/c1-10(2)16-17(11(3)4)22(27-28)18(12(5)6)20-19(14(8)24)13(7)23(21(16)20)9-15(25)26/h10-12H,9H2,1-8,28H3,(H,25,26). The number of carboxylic acid groups (broad SMARTS) is 1. The minimum absolute atomic E-state index is 0.0418. The Balaban J connectivity index is 3.33.